The fourth-order valence-electron chi connectivity index (χ4n) is 1.58. The largest absolute Gasteiger partial charge is 0.396 e. The quantitative estimate of drug-likeness (QED) is 0.719. The second-order valence-corrected chi connectivity index (χ2v) is 6.76. The van der Waals surface area contributed by atoms with Crippen molar-refractivity contribution >= 4 is 7.60 Å². The Bertz CT molecular complexity index is 238. The van der Waals surface area contributed by atoms with Crippen LogP contribution in [0.3, 0.4) is 0 Å². The fourth-order valence-corrected chi connectivity index (χ4v) is 4.26. The van der Waals surface area contributed by atoms with E-state index in [1.165, 1.54) is 0 Å². The van der Waals surface area contributed by atoms with Crippen LogP contribution in [-0.2, 0) is 13.6 Å². The zero-order valence-electron chi connectivity index (χ0n) is 9.84. The third kappa shape index (κ3) is 3.56. The lowest BCUT2D eigenvalue weighted by Gasteiger charge is -2.22. The Hall–Kier alpha value is 0.110. The molecule has 0 saturated heterocycles. The highest BCUT2D eigenvalue weighted by atomic mass is 31.2. The van der Waals surface area contributed by atoms with Crippen molar-refractivity contribution in [3.8, 4) is 0 Å². The third-order valence-electron chi connectivity index (χ3n) is 2.24. The lowest BCUT2D eigenvalue weighted by Crippen LogP contribution is -2.12. The Morgan fingerprint density at radius 2 is 1.73 bits per heavy atom. The SMILES string of the molecule is CC(C)OP(=O)(OC(C)C)[C@H]1C[C@@H]1CO. The number of hydrogen-bond donors (Lipinski definition) is 1. The summed E-state index contributed by atoms with van der Waals surface area (Å²) in [6.07, 6.45) is 0.511. The van der Waals surface area contributed by atoms with Gasteiger partial charge in [0.25, 0.3) is 0 Å². The lowest BCUT2D eigenvalue weighted by molar-refractivity contribution is 0.139. The van der Waals surface area contributed by atoms with Crippen LogP contribution in [0.1, 0.15) is 34.1 Å². The minimum absolute atomic E-state index is 0.0670. The molecule has 0 aliphatic heterocycles. The molecule has 0 amide bonds. The standard InChI is InChI=1S/C10H21O4P/c1-7(2)13-15(12,14-8(3)4)10-5-9(10)6-11/h7-11H,5-6H2,1-4H3/t9-,10+/m1/s1. The van der Waals surface area contributed by atoms with E-state index in [-0.39, 0.29) is 30.4 Å². The maximum atomic E-state index is 12.4. The van der Waals surface area contributed by atoms with Crippen LogP contribution < -0.4 is 0 Å². The molecule has 0 aromatic rings. The highest BCUT2D eigenvalue weighted by molar-refractivity contribution is 7.55. The highest BCUT2D eigenvalue weighted by Gasteiger charge is 2.53. The average Bonchev–Trinajstić information content (AvgIpc) is 2.78. The smallest absolute Gasteiger partial charge is 0.334 e. The minimum Gasteiger partial charge on any atom is -0.396 e. The van der Waals surface area contributed by atoms with Crippen LogP contribution in [0.5, 0.6) is 0 Å². The molecule has 1 rings (SSSR count). The number of aliphatic hydroxyl groups is 1. The monoisotopic (exact) mass is 236 g/mol. The number of aliphatic hydroxyl groups excluding tert-OH is 1. The molecule has 0 radical (unpaired) electrons. The van der Waals surface area contributed by atoms with Gasteiger partial charge in [-0.05, 0) is 40.0 Å². The molecule has 0 spiro atoms. The first-order valence-corrected chi connectivity index (χ1v) is 7.07. The molecule has 0 bridgehead atoms. The summed E-state index contributed by atoms with van der Waals surface area (Å²) in [4.78, 5) is 0. The van der Waals surface area contributed by atoms with Gasteiger partial charge in [-0.3, -0.25) is 4.57 Å². The Kier molecular flexibility index (Phi) is 4.36. The first-order valence-electron chi connectivity index (χ1n) is 5.46. The molecule has 0 unspecified atom stereocenters. The van der Waals surface area contributed by atoms with Crippen LogP contribution in [0.25, 0.3) is 0 Å². The average molecular weight is 236 g/mol. The topological polar surface area (TPSA) is 55.8 Å². The molecule has 0 heterocycles. The minimum atomic E-state index is -3.03. The van der Waals surface area contributed by atoms with E-state index in [4.69, 9.17) is 14.2 Å². The van der Waals surface area contributed by atoms with Gasteiger partial charge in [0.05, 0.1) is 17.9 Å². The Morgan fingerprint density at radius 3 is 2.00 bits per heavy atom. The summed E-state index contributed by atoms with van der Waals surface area (Å²) in [5.41, 5.74) is -0.104. The van der Waals surface area contributed by atoms with Crippen molar-refractivity contribution in [1.82, 2.24) is 0 Å². The van der Waals surface area contributed by atoms with Gasteiger partial charge in [0, 0.05) is 6.61 Å². The molecule has 0 aromatic heterocycles. The van der Waals surface area contributed by atoms with Gasteiger partial charge in [0.15, 0.2) is 0 Å². The predicted molar refractivity (Wildman–Crippen MR) is 59.0 cm³/mol. The van der Waals surface area contributed by atoms with Crippen LogP contribution >= 0.6 is 7.60 Å². The molecular formula is C10H21O4P. The van der Waals surface area contributed by atoms with E-state index in [9.17, 15) is 4.57 Å². The molecule has 15 heavy (non-hydrogen) atoms. The van der Waals surface area contributed by atoms with E-state index in [0.29, 0.717) is 0 Å². The van der Waals surface area contributed by atoms with Crippen molar-refractivity contribution in [3.05, 3.63) is 0 Å². The van der Waals surface area contributed by atoms with Crippen molar-refractivity contribution in [2.24, 2.45) is 5.92 Å². The van der Waals surface area contributed by atoms with E-state index in [1.807, 2.05) is 27.7 Å². The molecule has 0 aromatic carbocycles. The second kappa shape index (κ2) is 4.96. The summed E-state index contributed by atoms with van der Waals surface area (Å²) in [7, 11) is -3.03. The Labute approximate surface area is 91.5 Å². The van der Waals surface area contributed by atoms with E-state index in [2.05, 4.69) is 0 Å². The molecule has 1 fully saturated rings. The van der Waals surface area contributed by atoms with Crippen molar-refractivity contribution < 1.29 is 18.7 Å². The predicted octanol–water partition coefficient (Wildman–Crippen LogP) is 2.41. The Morgan fingerprint density at radius 1 is 1.27 bits per heavy atom. The summed E-state index contributed by atoms with van der Waals surface area (Å²) in [6.45, 7) is 7.43. The van der Waals surface area contributed by atoms with Crippen molar-refractivity contribution in [2.75, 3.05) is 6.61 Å². The summed E-state index contributed by atoms with van der Waals surface area (Å²) < 4.78 is 23.3. The first-order chi connectivity index (χ1) is 6.89. The molecule has 90 valence electrons. The van der Waals surface area contributed by atoms with Gasteiger partial charge in [-0.2, -0.15) is 0 Å². The van der Waals surface area contributed by atoms with Crippen LogP contribution in [0.15, 0.2) is 0 Å². The normalized spacial score (nSPS) is 26.3. The van der Waals surface area contributed by atoms with E-state index in [0.717, 1.165) is 6.42 Å². The Balaban J connectivity index is 2.65. The number of rotatable bonds is 6. The van der Waals surface area contributed by atoms with E-state index < -0.39 is 7.60 Å². The molecule has 1 aliphatic rings. The van der Waals surface area contributed by atoms with Gasteiger partial charge in [-0.15, -0.1) is 0 Å². The zero-order chi connectivity index (χ0) is 11.6. The van der Waals surface area contributed by atoms with Gasteiger partial charge in [0.1, 0.15) is 0 Å². The molecule has 5 heteroatoms. The van der Waals surface area contributed by atoms with E-state index in [1.54, 1.807) is 0 Å². The van der Waals surface area contributed by atoms with Crippen LogP contribution in [0.4, 0.5) is 0 Å². The maximum absolute atomic E-state index is 12.4. The summed E-state index contributed by atoms with van der Waals surface area (Å²) in [5, 5.41) is 8.98. The lowest BCUT2D eigenvalue weighted by atomic mass is 10.5. The zero-order valence-corrected chi connectivity index (χ0v) is 10.7. The third-order valence-corrected chi connectivity index (χ3v) is 5.12. The van der Waals surface area contributed by atoms with Gasteiger partial charge in [-0.25, -0.2) is 0 Å². The fraction of sp³-hybridized carbons (Fsp3) is 1.00. The summed E-state index contributed by atoms with van der Waals surface area (Å²) in [6, 6.07) is 0. The maximum Gasteiger partial charge on any atom is 0.334 e. The molecule has 2 atom stereocenters. The van der Waals surface area contributed by atoms with Crippen molar-refractivity contribution in [1.29, 1.82) is 0 Å². The van der Waals surface area contributed by atoms with Gasteiger partial charge in [-0.1, -0.05) is 0 Å². The van der Waals surface area contributed by atoms with Crippen LogP contribution in [0, 0.1) is 5.92 Å². The number of hydrogen-bond acceptors (Lipinski definition) is 4. The first kappa shape index (κ1) is 13.2. The van der Waals surface area contributed by atoms with Gasteiger partial charge < -0.3 is 14.2 Å². The van der Waals surface area contributed by atoms with Gasteiger partial charge in [0.2, 0.25) is 0 Å². The van der Waals surface area contributed by atoms with Crippen LogP contribution in [0.2, 0.25) is 0 Å². The molecule has 1 saturated carbocycles. The summed E-state index contributed by atoms with van der Waals surface area (Å²) in [5.74, 6) is 0.0910. The summed E-state index contributed by atoms with van der Waals surface area (Å²) >= 11 is 0. The van der Waals surface area contributed by atoms with Crippen LogP contribution in [-0.4, -0.2) is 29.6 Å². The molecule has 4 nitrogen and oxygen atoms in total. The van der Waals surface area contributed by atoms with Crippen molar-refractivity contribution in [3.63, 3.8) is 0 Å². The second-order valence-electron chi connectivity index (χ2n) is 4.59. The van der Waals surface area contributed by atoms with E-state index >= 15 is 0 Å². The molecule has 1 N–H and O–H groups in total. The molecule has 1 aliphatic carbocycles. The molecular weight excluding hydrogens is 215 g/mol. The van der Waals surface area contributed by atoms with Gasteiger partial charge >= 0.3 is 7.60 Å². The van der Waals surface area contributed by atoms with Crippen molar-refractivity contribution in [2.45, 2.75) is 52.0 Å². The highest BCUT2D eigenvalue weighted by Crippen LogP contribution is 2.66.